The Morgan fingerprint density at radius 3 is 2.81 bits per heavy atom. The molecule has 3 atom stereocenters. The van der Waals surface area contributed by atoms with Crippen molar-refractivity contribution >= 4 is 22.8 Å². The van der Waals surface area contributed by atoms with Crippen LogP contribution in [-0.4, -0.2) is 54.9 Å². The summed E-state index contributed by atoms with van der Waals surface area (Å²) in [6, 6.07) is 7.97. The lowest BCUT2D eigenvalue weighted by atomic mass is 9.92. The smallest absolute Gasteiger partial charge is 0.229 e. The zero-order valence-corrected chi connectivity index (χ0v) is 17.4. The van der Waals surface area contributed by atoms with Crippen molar-refractivity contribution < 1.29 is 9.50 Å². The van der Waals surface area contributed by atoms with E-state index in [9.17, 15) is 9.50 Å². The summed E-state index contributed by atoms with van der Waals surface area (Å²) in [6.45, 7) is 3.17. The second-order valence-corrected chi connectivity index (χ2v) is 8.03. The summed E-state index contributed by atoms with van der Waals surface area (Å²) in [4.78, 5) is 14.9. The molecule has 4 N–H and O–H groups in total. The number of hydrogen-bond donors (Lipinski definition) is 3. The van der Waals surface area contributed by atoms with Crippen molar-refractivity contribution in [2.24, 2.45) is 11.7 Å². The van der Waals surface area contributed by atoms with Gasteiger partial charge in [0.25, 0.3) is 0 Å². The number of aliphatic hydroxyl groups excluding tert-OH is 1. The van der Waals surface area contributed by atoms with Crippen LogP contribution in [0.3, 0.4) is 0 Å². The lowest BCUT2D eigenvalue weighted by Gasteiger charge is -2.40. The Morgan fingerprint density at radius 2 is 2.00 bits per heavy atom. The third kappa shape index (κ3) is 3.63. The van der Waals surface area contributed by atoms with Gasteiger partial charge in [-0.3, -0.25) is 9.97 Å². The summed E-state index contributed by atoms with van der Waals surface area (Å²) in [6.07, 6.45) is 6.10. The van der Waals surface area contributed by atoms with Crippen molar-refractivity contribution in [3.05, 3.63) is 60.9 Å². The molecule has 4 aromatic heterocycles. The van der Waals surface area contributed by atoms with Gasteiger partial charge in [-0.25, -0.2) is 9.37 Å². The van der Waals surface area contributed by atoms with E-state index < -0.39 is 11.9 Å². The number of piperidine rings is 1. The molecule has 1 aliphatic rings. The number of aromatic nitrogens is 5. The van der Waals surface area contributed by atoms with Crippen LogP contribution in [0.15, 0.2) is 55.1 Å². The summed E-state index contributed by atoms with van der Waals surface area (Å²) in [7, 11) is 0. The number of nitrogens with zero attached hydrogens (tertiary/aromatic N) is 6. The summed E-state index contributed by atoms with van der Waals surface area (Å²) in [5.41, 5.74) is 9.09. The Kier molecular flexibility index (Phi) is 5.16. The maximum absolute atomic E-state index is 14.2. The number of rotatable bonds is 4. The molecule has 5 rings (SSSR count). The van der Waals surface area contributed by atoms with Crippen LogP contribution in [0.25, 0.3) is 16.9 Å². The second-order valence-electron chi connectivity index (χ2n) is 8.03. The van der Waals surface area contributed by atoms with Gasteiger partial charge >= 0.3 is 0 Å². The lowest BCUT2D eigenvalue weighted by Crippen LogP contribution is -2.55. The zero-order valence-electron chi connectivity index (χ0n) is 17.4. The molecular formula is C22H23FN8O. The van der Waals surface area contributed by atoms with E-state index in [2.05, 4.69) is 30.3 Å². The van der Waals surface area contributed by atoms with Crippen LogP contribution in [0.4, 0.5) is 21.7 Å². The molecule has 1 aliphatic heterocycles. The SMILES string of the molecule is C[C@@H]1CN(c2ccncc2Nc2ncc3ccc(-c4ncccc4F)nn23)C[C@H](N)[C@@H]1O. The minimum atomic E-state index is -0.532. The van der Waals surface area contributed by atoms with Gasteiger partial charge in [0.15, 0.2) is 5.82 Å². The predicted molar refractivity (Wildman–Crippen MR) is 119 cm³/mol. The second kappa shape index (κ2) is 8.13. The van der Waals surface area contributed by atoms with E-state index in [4.69, 9.17) is 5.73 Å². The van der Waals surface area contributed by atoms with Gasteiger partial charge in [0, 0.05) is 37.4 Å². The molecule has 5 heterocycles. The number of pyridine rings is 2. The molecule has 9 nitrogen and oxygen atoms in total. The highest BCUT2D eigenvalue weighted by molar-refractivity contribution is 5.74. The molecule has 0 spiro atoms. The van der Waals surface area contributed by atoms with E-state index in [1.165, 1.54) is 18.3 Å². The summed E-state index contributed by atoms with van der Waals surface area (Å²) >= 11 is 0. The maximum Gasteiger partial charge on any atom is 0.229 e. The summed E-state index contributed by atoms with van der Waals surface area (Å²) in [5.74, 6) is 0.0487. The number of nitrogens with one attached hydrogen (secondary N) is 1. The third-order valence-electron chi connectivity index (χ3n) is 5.73. The minimum Gasteiger partial charge on any atom is -0.391 e. The molecule has 1 saturated heterocycles. The largest absolute Gasteiger partial charge is 0.391 e. The fourth-order valence-electron chi connectivity index (χ4n) is 4.06. The number of fused-ring (bicyclic) bond motifs is 1. The Morgan fingerprint density at radius 1 is 1.12 bits per heavy atom. The van der Waals surface area contributed by atoms with Crippen LogP contribution in [0, 0.1) is 11.7 Å². The normalized spacial score (nSPS) is 21.1. The number of aliphatic hydroxyl groups is 1. The molecular weight excluding hydrogens is 411 g/mol. The van der Waals surface area contributed by atoms with Crippen molar-refractivity contribution in [2.75, 3.05) is 23.3 Å². The Hall–Kier alpha value is -3.63. The minimum absolute atomic E-state index is 0.0320. The quantitative estimate of drug-likeness (QED) is 0.448. The molecule has 0 aromatic carbocycles. The number of halogens is 1. The van der Waals surface area contributed by atoms with E-state index in [-0.39, 0.29) is 17.7 Å². The van der Waals surface area contributed by atoms with Crippen molar-refractivity contribution in [1.29, 1.82) is 0 Å². The molecule has 0 unspecified atom stereocenters. The molecule has 4 aromatic rings. The molecule has 0 saturated carbocycles. The first kappa shape index (κ1) is 20.3. The molecule has 0 amide bonds. The van der Waals surface area contributed by atoms with Gasteiger partial charge in [0.1, 0.15) is 11.4 Å². The third-order valence-corrected chi connectivity index (χ3v) is 5.73. The van der Waals surface area contributed by atoms with E-state index in [0.717, 1.165) is 16.9 Å². The first-order valence-electron chi connectivity index (χ1n) is 10.4. The highest BCUT2D eigenvalue weighted by Gasteiger charge is 2.31. The van der Waals surface area contributed by atoms with E-state index in [1.54, 1.807) is 29.2 Å². The number of anilines is 3. The highest BCUT2D eigenvalue weighted by atomic mass is 19.1. The van der Waals surface area contributed by atoms with Gasteiger partial charge in [-0.05, 0) is 30.3 Å². The van der Waals surface area contributed by atoms with Crippen LogP contribution in [0.5, 0.6) is 0 Å². The Labute approximate surface area is 183 Å². The first-order valence-corrected chi connectivity index (χ1v) is 10.4. The van der Waals surface area contributed by atoms with E-state index >= 15 is 0 Å². The zero-order chi connectivity index (χ0) is 22.2. The van der Waals surface area contributed by atoms with Crippen LogP contribution in [0.1, 0.15) is 6.92 Å². The Balaban J connectivity index is 1.49. The predicted octanol–water partition coefficient (Wildman–Crippen LogP) is 2.21. The van der Waals surface area contributed by atoms with Gasteiger partial charge in [-0.2, -0.15) is 9.61 Å². The van der Waals surface area contributed by atoms with Crippen LogP contribution in [0.2, 0.25) is 0 Å². The molecule has 10 heteroatoms. The monoisotopic (exact) mass is 434 g/mol. The van der Waals surface area contributed by atoms with Crippen LogP contribution >= 0.6 is 0 Å². The molecule has 0 aliphatic carbocycles. The number of nitrogens with two attached hydrogens (primary N) is 1. The van der Waals surface area contributed by atoms with Crippen LogP contribution < -0.4 is 16.0 Å². The van der Waals surface area contributed by atoms with Crippen molar-refractivity contribution in [1.82, 2.24) is 24.6 Å². The topological polar surface area (TPSA) is 117 Å². The molecule has 32 heavy (non-hydrogen) atoms. The van der Waals surface area contributed by atoms with Crippen molar-refractivity contribution in [3.63, 3.8) is 0 Å². The van der Waals surface area contributed by atoms with Gasteiger partial charge in [0.05, 0.1) is 35.4 Å². The number of hydrogen-bond acceptors (Lipinski definition) is 8. The average molecular weight is 434 g/mol. The first-order chi connectivity index (χ1) is 15.5. The van der Waals surface area contributed by atoms with E-state index in [1.807, 2.05) is 19.1 Å². The van der Waals surface area contributed by atoms with E-state index in [0.29, 0.717) is 24.7 Å². The molecule has 1 fully saturated rings. The Bertz CT molecular complexity index is 1250. The standard InChI is InChI=1S/C22H23FN8O/c1-13-11-30(12-16(24)21(13)32)19-6-8-25-10-18(19)28-22-27-9-14-4-5-17(29-31(14)22)20-15(23)3-2-7-26-20/h2-10,13,16,21,32H,11-12,24H2,1H3,(H,27,28)/t13-,16+,21-/m1/s1. The van der Waals surface area contributed by atoms with Crippen LogP contribution in [-0.2, 0) is 0 Å². The van der Waals surface area contributed by atoms with Crippen molar-refractivity contribution in [2.45, 2.75) is 19.1 Å². The lowest BCUT2D eigenvalue weighted by molar-refractivity contribution is 0.0785. The fourth-order valence-corrected chi connectivity index (χ4v) is 4.06. The highest BCUT2D eigenvalue weighted by Crippen LogP contribution is 2.31. The van der Waals surface area contributed by atoms with Gasteiger partial charge in [0.2, 0.25) is 5.95 Å². The molecule has 164 valence electrons. The number of imidazole rings is 1. The van der Waals surface area contributed by atoms with Gasteiger partial charge in [-0.15, -0.1) is 0 Å². The fraction of sp³-hybridized carbons (Fsp3) is 0.273. The molecule has 0 radical (unpaired) electrons. The maximum atomic E-state index is 14.2. The van der Waals surface area contributed by atoms with Gasteiger partial charge < -0.3 is 21.1 Å². The van der Waals surface area contributed by atoms with Crippen molar-refractivity contribution in [3.8, 4) is 11.4 Å². The summed E-state index contributed by atoms with van der Waals surface area (Å²) < 4.78 is 15.8. The summed E-state index contributed by atoms with van der Waals surface area (Å²) in [5, 5.41) is 18.0. The average Bonchev–Trinajstić information content (AvgIpc) is 3.20. The molecule has 0 bridgehead atoms. The van der Waals surface area contributed by atoms with Gasteiger partial charge in [-0.1, -0.05) is 6.92 Å².